The van der Waals surface area contributed by atoms with Crippen molar-refractivity contribution in [2.45, 2.75) is 6.42 Å². The van der Waals surface area contributed by atoms with E-state index in [0.717, 1.165) is 31.9 Å². The normalized spacial score (nSPS) is 11.2. The number of amides is 1. The molecule has 7 heteroatoms. The summed E-state index contributed by atoms with van der Waals surface area (Å²) in [5.74, 6) is 0.441. The maximum absolute atomic E-state index is 12.6. The average molecular weight is 421 g/mol. The van der Waals surface area contributed by atoms with Crippen molar-refractivity contribution in [2.24, 2.45) is 0 Å². The number of thiophene rings is 1. The van der Waals surface area contributed by atoms with E-state index >= 15 is 0 Å². The molecule has 5 rings (SSSR count). The first-order valence-electron chi connectivity index (χ1n) is 8.98. The SMILES string of the molecule is COc1cc2c(cc1NC(=O)Cc1csc(-c3cccs3)n1)oc1ccccc12. The fourth-order valence-corrected chi connectivity index (χ4v) is 4.91. The molecule has 5 nitrogen and oxygen atoms in total. The molecule has 0 radical (unpaired) electrons. The molecular formula is C22H16N2O3S2. The molecule has 0 saturated heterocycles. The summed E-state index contributed by atoms with van der Waals surface area (Å²) in [5, 5.41) is 9.78. The molecule has 1 N–H and O–H groups in total. The molecule has 0 bridgehead atoms. The number of furan rings is 1. The highest BCUT2D eigenvalue weighted by molar-refractivity contribution is 7.20. The van der Waals surface area contributed by atoms with Crippen LogP contribution >= 0.6 is 22.7 Å². The molecule has 5 aromatic rings. The minimum atomic E-state index is -0.151. The van der Waals surface area contributed by atoms with Crippen LogP contribution in [0, 0.1) is 0 Å². The number of nitrogens with zero attached hydrogens (tertiary/aromatic N) is 1. The highest BCUT2D eigenvalue weighted by Crippen LogP contribution is 2.36. The first kappa shape index (κ1) is 17.9. The van der Waals surface area contributed by atoms with Crippen LogP contribution in [0.15, 0.2) is 63.7 Å². The number of hydrogen-bond acceptors (Lipinski definition) is 6. The number of aromatic nitrogens is 1. The van der Waals surface area contributed by atoms with Crippen molar-refractivity contribution in [1.82, 2.24) is 4.98 Å². The van der Waals surface area contributed by atoms with Crippen molar-refractivity contribution in [2.75, 3.05) is 12.4 Å². The predicted molar refractivity (Wildman–Crippen MR) is 118 cm³/mol. The lowest BCUT2D eigenvalue weighted by atomic mass is 10.1. The standard InChI is InChI=1S/C22H16N2O3S2/c1-26-19-10-15-14-5-2-3-6-17(14)27-18(15)11-16(19)24-21(25)9-13-12-29-22(23-13)20-7-4-8-28-20/h2-8,10-12H,9H2,1H3,(H,24,25). The van der Waals surface area contributed by atoms with Crippen LogP contribution in [0.25, 0.3) is 31.8 Å². The molecular weight excluding hydrogens is 404 g/mol. The van der Waals surface area contributed by atoms with Gasteiger partial charge in [0.2, 0.25) is 5.91 Å². The van der Waals surface area contributed by atoms with Gasteiger partial charge in [0.15, 0.2) is 0 Å². The van der Waals surface area contributed by atoms with Gasteiger partial charge in [-0.05, 0) is 23.6 Å². The number of benzene rings is 2. The van der Waals surface area contributed by atoms with Gasteiger partial charge >= 0.3 is 0 Å². The smallest absolute Gasteiger partial charge is 0.230 e. The number of thiazole rings is 1. The summed E-state index contributed by atoms with van der Waals surface area (Å²) >= 11 is 3.19. The maximum atomic E-state index is 12.6. The van der Waals surface area contributed by atoms with Gasteiger partial charge in [-0.3, -0.25) is 4.79 Å². The van der Waals surface area contributed by atoms with Gasteiger partial charge in [0.25, 0.3) is 0 Å². The van der Waals surface area contributed by atoms with E-state index < -0.39 is 0 Å². The molecule has 0 spiro atoms. The lowest BCUT2D eigenvalue weighted by Gasteiger charge is -2.10. The molecule has 0 atom stereocenters. The second kappa shape index (κ2) is 7.35. The van der Waals surface area contributed by atoms with Gasteiger partial charge in [-0.2, -0.15) is 0 Å². The van der Waals surface area contributed by atoms with Gasteiger partial charge in [0, 0.05) is 22.2 Å². The van der Waals surface area contributed by atoms with Gasteiger partial charge in [0.05, 0.1) is 29.8 Å². The van der Waals surface area contributed by atoms with Crippen LogP contribution in [0.2, 0.25) is 0 Å². The summed E-state index contributed by atoms with van der Waals surface area (Å²) in [6, 6.07) is 15.6. The van der Waals surface area contributed by atoms with E-state index in [0.29, 0.717) is 17.0 Å². The number of nitrogens with one attached hydrogen (secondary N) is 1. The van der Waals surface area contributed by atoms with E-state index in [-0.39, 0.29) is 12.3 Å². The molecule has 0 aliphatic heterocycles. The number of carbonyl (C=O) groups excluding carboxylic acids is 1. The summed E-state index contributed by atoms with van der Waals surface area (Å²) in [5.41, 5.74) is 2.84. The fraction of sp³-hybridized carbons (Fsp3) is 0.0909. The van der Waals surface area contributed by atoms with Crippen LogP contribution < -0.4 is 10.1 Å². The van der Waals surface area contributed by atoms with E-state index in [1.165, 1.54) is 0 Å². The van der Waals surface area contributed by atoms with Crippen molar-refractivity contribution in [3.05, 3.63) is 65.0 Å². The number of rotatable bonds is 5. The van der Waals surface area contributed by atoms with Crippen molar-refractivity contribution >= 4 is 56.2 Å². The third-order valence-corrected chi connectivity index (χ3v) is 6.53. The number of ether oxygens (including phenoxy) is 1. The van der Waals surface area contributed by atoms with Crippen LogP contribution in [-0.2, 0) is 11.2 Å². The van der Waals surface area contributed by atoms with Crippen LogP contribution in [0.3, 0.4) is 0 Å². The first-order chi connectivity index (χ1) is 14.2. The van der Waals surface area contributed by atoms with Gasteiger partial charge in [-0.1, -0.05) is 24.3 Å². The van der Waals surface area contributed by atoms with E-state index in [2.05, 4.69) is 10.3 Å². The number of fused-ring (bicyclic) bond motifs is 3. The van der Waals surface area contributed by atoms with Gasteiger partial charge < -0.3 is 14.5 Å². The third kappa shape index (κ3) is 3.39. The lowest BCUT2D eigenvalue weighted by molar-refractivity contribution is -0.115. The minimum Gasteiger partial charge on any atom is -0.495 e. The summed E-state index contributed by atoms with van der Waals surface area (Å²) in [7, 11) is 1.59. The minimum absolute atomic E-state index is 0.151. The predicted octanol–water partition coefficient (Wildman–Crippen LogP) is 5.96. The highest BCUT2D eigenvalue weighted by atomic mass is 32.1. The zero-order valence-electron chi connectivity index (χ0n) is 15.5. The van der Waals surface area contributed by atoms with Gasteiger partial charge in [0.1, 0.15) is 21.9 Å². The number of methoxy groups -OCH3 is 1. The molecule has 0 aliphatic rings. The second-order valence-corrected chi connectivity index (χ2v) is 8.30. The van der Waals surface area contributed by atoms with E-state index in [4.69, 9.17) is 9.15 Å². The zero-order valence-corrected chi connectivity index (χ0v) is 17.1. The Hall–Kier alpha value is -3.16. The first-order valence-corrected chi connectivity index (χ1v) is 10.7. The van der Waals surface area contributed by atoms with Crippen LogP contribution in [0.5, 0.6) is 5.75 Å². The van der Waals surface area contributed by atoms with E-state index in [9.17, 15) is 4.79 Å². The van der Waals surface area contributed by atoms with Crippen molar-refractivity contribution in [3.8, 4) is 15.6 Å². The number of carbonyl (C=O) groups is 1. The molecule has 29 heavy (non-hydrogen) atoms. The summed E-state index contributed by atoms with van der Waals surface area (Å²) in [6.45, 7) is 0. The summed E-state index contributed by atoms with van der Waals surface area (Å²) in [4.78, 5) is 18.3. The molecule has 3 heterocycles. The van der Waals surface area contributed by atoms with Gasteiger partial charge in [-0.15, -0.1) is 22.7 Å². The van der Waals surface area contributed by atoms with Crippen molar-refractivity contribution < 1.29 is 13.9 Å². The largest absolute Gasteiger partial charge is 0.495 e. The Morgan fingerprint density at radius 3 is 2.83 bits per heavy atom. The summed E-state index contributed by atoms with van der Waals surface area (Å²) in [6.07, 6.45) is 0.198. The van der Waals surface area contributed by atoms with Crippen LogP contribution in [0.4, 0.5) is 5.69 Å². The van der Waals surface area contributed by atoms with Crippen molar-refractivity contribution in [1.29, 1.82) is 0 Å². The van der Waals surface area contributed by atoms with Crippen LogP contribution in [-0.4, -0.2) is 18.0 Å². The molecule has 0 saturated carbocycles. The Morgan fingerprint density at radius 2 is 2.00 bits per heavy atom. The third-order valence-electron chi connectivity index (χ3n) is 4.60. The number of hydrogen-bond donors (Lipinski definition) is 1. The fourth-order valence-electron chi connectivity index (χ4n) is 3.28. The Morgan fingerprint density at radius 1 is 1.10 bits per heavy atom. The van der Waals surface area contributed by atoms with Crippen LogP contribution in [0.1, 0.15) is 5.69 Å². The molecule has 0 fully saturated rings. The molecule has 1 amide bonds. The number of para-hydroxylation sites is 1. The molecule has 2 aromatic carbocycles. The second-order valence-electron chi connectivity index (χ2n) is 6.49. The molecule has 0 unspecified atom stereocenters. The Kier molecular flexibility index (Phi) is 4.54. The monoisotopic (exact) mass is 420 g/mol. The quantitative estimate of drug-likeness (QED) is 0.381. The van der Waals surface area contributed by atoms with Gasteiger partial charge in [-0.25, -0.2) is 4.98 Å². The van der Waals surface area contributed by atoms with Crippen molar-refractivity contribution in [3.63, 3.8) is 0 Å². The average Bonchev–Trinajstić information content (AvgIpc) is 3.46. The van der Waals surface area contributed by atoms with E-state index in [1.54, 1.807) is 29.8 Å². The Labute approximate surface area is 174 Å². The number of anilines is 1. The summed E-state index contributed by atoms with van der Waals surface area (Å²) < 4.78 is 11.4. The molecule has 144 valence electrons. The Bertz CT molecular complexity index is 1320. The highest BCUT2D eigenvalue weighted by Gasteiger charge is 2.15. The maximum Gasteiger partial charge on any atom is 0.230 e. The van der Waals surface area contributed by atoms with E-state index in [1.807, 2.05) is 59.3 Å². The lowest BCUT2D eigenvalue weighted by Crippen LogP contribution is -2.15. The molecule has 0 aliphatic carbocycles. The molecule has 3 aromatic heterocycles. The zero-order chi connectivity index (χ0) is 19.8. The Balaban J connectivity index is 1.40. The topological polar surface area (TPSA) is 64.4 Å².